The van der Waals surface area contributed by atoms with Crippen LogP contribution in [-0.2, 0) is 11.3 Å². The van der Waals surface area contributed by atoms with Gasteiger partial charge in [0.2, 0.25) is 0 Å². The van der Waals surface area contributed by atoms with Crippen LogP contribution in [0.1, 0.15) is 35.2 Å². The Bertz CT molecular complexity index is 689. The van der Waals surface area contributed by atoms with E-state index in [1.807, 2.05) is 13.0 Å². The maximum Gasteiger partial charge on any atom is 0.263 e. The van der Waals surface area contributed by atoms with Gasteiger partial charge in [0.25, 0.3) is 11.5 Å². The molecule has 2 fully saturated rings. The molecule has 27 heavy (non-hydrogen) atoms. The molecule has 1 aromatic heterocycles. The van der Waals surface area contributed by atoms with Gasteiger partial charge in [-0.15, -0.1) is 0 Å². The summed E-state index contributed by atoms with van der Waals surface area (Å²) in [7, 11) is 2.14. The van der Waals surface area contributed by atoms with E-state index in [1.54, 1.807) is 10.8 Å². The van der Waals surface area contributed by atoms with Crippen molar-refractivity contribution in [2.24, 2.45) is 0 Å². The molecule has 7 nitrogen and oxygen atoms in total. The van der Waals surface area contributed by atoms with Gasteiger partial charge >= 0.3 is 0 Å². The number of amides is 1. The number of carbonyl (C=O) groups is 1. The van der Waals surface area contributed by atoms with Crippen molar-refractivity contribution < 1.29 is 9.53 Å². The quantitative estimate of drug-likeness (QED) is 0.710. The second-order valence-electron chi connectivity index (χ2n) is 7.72. The van der Waals surface area contributed by atoms with Crippen LogP contribution in [0.2, 0.25) is 0 Å². The molecule has 0 bridgehead atoms. The zero-order valence-corrected chi connectivity index (χ0v) is 16.6. The lowest BCUT2D eigenvalue weighted by Gasteiger charge is -2.32. The molecule has 1 amide bonds. The van der Waals surface area contributed by atoms with Crippen molar-refractivity contribution in [3.05, 3.63) is 33.7 Å². The summed E-state index contributed by atoms with van der Waals surface area (Å²) in [6.45, 7) is 9.01. The number of likely N-dealkylation sites (N-methyl/N-ethyl adjacent to an activating group) is 1. The summed E-state index contributed by atoms with van der Waals surface area (Å²) >= 11 is 0. The number of rotatable bonds is 7. The van der Waals surface area contributed by atoms with E-state index in [0.717, 1.165) is 64.2 Å². The zero-order chi connectivity index (χ0) is 19.2. The lowest BCUT2D eigenvalue weighted by molar-refractivity contribution is 0.0927. The van der Waals surface area contributed by atoms with Gasteiger partial charge in [-0.25, -0.2) is 0 Å². The van der Waals surface area contributed by atoms with Crippen LogP contribution >= 0.6 is 0 Å². The Morgan fingerprint density at radius 1 is 1.30 bits per heavy atom. The number of pyridine rings is 1. The lowest BCUT2D eigenvalue weighted by atomic mass is 10.1. The molecule has 2 aliphatic rings. The molecule has 7 heteroatoms. The van der Waals surface area contributed by atoms with Crippen LogP contribution in [0.4, 0.5) is 0 Å². The maximum atomic E-state index is 12.8. The Balaban J connectivity index is 1.52. The molecule has 3 heterocycles. The Labute approximate surface area is 161 Å². The normalized spacial score (nSPS) is 21.5. The van der Waals surface area contributed by atoms with Gasteiger partial charge in [0.05, 0.1) is 12.6 Å². The summed E-state index contributed by atoms with van der Waals surface area (Å²) in [5.41, 5.74) is 0.761. The fourth-order valence-corrected chi connectivity index (χ4v) is 3.76. The molecular formula is C20H32N4O3. The average Bonchev–Trinajstić information content (AvgIpc) is 3.16. The van der Waals surface area contributed by atoms with Crippen molar-refractivity contribution in [3.63, 3.8) is 0 Å². The maximum absolute atomic E-state index is 12.8. The predicted octanol–water partition coefficient (Wildman–Crippen LogP) is 0.703. The molecule has 2 aliphatic heterocycles. The van der Waals surface area contributed by atoms with Crippen molar-refractivity contribution in [2.45, 2.75) is 38.8 Å². The number of hydrogen-bond donors (Lipinski definition) is 1. The molecular weight excluding hydrogens is 344 g/mol. The molecule has 0 aliphatic carbocycles. The van der Waals surface area contributed by atoms with E-state index >= 15 is 0 Å². The highest BCUT2D eigenvalue weighted by Gasteiger charge is 2.20. The molecule has 3 rings (SSSR count). The Morgan fingerprint density at radius 2 is 2.07 bits per heavy atom. The van der Waals surface area contributed by atoms with Crippen molar-refractivity contribution in [2.75, 3.05) is 52.9 Å². The third-order valence-corrected chi connectivity index (χ3v) is 5.56. The zero-order valence-electron chi connectivity index (χ0n) is 16.6. The van der Waals surface area contributed by atoms with Crippen LogP contribution < -0.4 is 10.9 Å². The van der Waals surface area contributed by atoms with E-state index in [9.17, 15) is 9.59 Å². The first-order chi connectivity index (χ1) is 13.0. The second-order valence-corrected chi connectivity index (χ2v) is 7.72. The number of aryl methyl sites for hydroxylation is 1. The largest absolute Gasteiger partial charge is 0.376 e. The predicted molar refractivity (Wildman–Crippen MR) is 105 cm³/mol. The molecule has 1 atom stereocenters. The summed E-state index contributed by atoms with van der Waals surface area (Å²) in [5.74, 6) is -0.266. The summed E-state index contributed by atoms with van der Waals surface area (Å²) in [4.78, 5) is 30.1. The molecule has 2 saturated heterocycles. The minimum atomic E-state index is -0.266. The summed E-state index contributed by atoms with van der Waals surface area (Å²) in [6, 6.07) is 1.84. The number of nitrogens with zero attached hydrogens (tertiary/aromatic N) is 3. The minimum absolute atomic E-state index is 0.0740. The van der Waals surface area contributed by atoms with Crippen LogP contribution in [0.15, 0.2) is 17.1 Å². The summed E-state index contributed by atoms with van der Waals surface area (Å²) < 4.78 is 7.23. The van der Waals surface area contributed by atoms with Gasteiger partial charge in [0.1, 0.15) is 5.56 Å². The Morgan fingerprint density at radius 3 is 2.78 bits per heavy atom. The molecule has 0 spiro atoms. The van der Waals surface area contributed by atoms with Gasteiger partial charge in [0.15, 0.2) is 0 Å². The first-order valence-corrected chi connectivity index (χ1v) is 10.1. The van der Waals surface area contributed by atoms with E-state index in [2.05, 4.69) is 22.2 Å². The lowest BCUT2D eigenvalue weighted by Crippen LogP contribution is -2.45. The van der Waals surface area contributed by atoms with E-state index in [4.69, 9.17) is 4.74 Å². The van der Waals surface area contributed by atoms with E-state index in [1.165, 1.54) is 0 Å². The van der Waals surface area contributed by atoms with Gasteiger partial charge in [-0.3, -0.25) is 9.59 Å². The molecule has 0 saturated carbocycles. The highest BCUT2D eigenvalue weighted by molar-refractivity contribution is 5.95. The highest BCUT2D eigenvalue weighted by Crippen LogP contribution is 2.13. The monoisotopic (exact) mass is 376 g/mol. The number of carbonyl (C=O) groups excluding carboxylic acids is 1. The molecule has 1 aromatic rings. The number of ether oxygens (including phenoxy) is 1. The number of aromatic nitrogens is 1. The Kier molecular flexibility index (Phi) is 7.04. The van der Waals surface area contributed by atoms with Gasteiger partial charge < -0.3 is 24.4 Å². The van der Waals surface area contributed by atoms with Crippen LogP contribution in [0.25, 0.3) is 0 Å². The van der Waals surface area contributed by atoms with E-state index < -0.39 is 0 Å². The first-order valence-electron chi connectivity index (χ1n) is 10.1. The Hall–Kier alpha value is -1.70. The van der Waals surface area contributed by atoms with Crippen molar-refractivity contribution >= 4 is 5.91 Å². The summed E-state index contributed by atoms with van der Waals surface area (Å²) in [5, 5.41) is 2.93. The van der Waals surface area contributed by atoms with Crippen LogP contribution in [0.3, 0.4) is 0 Å². The number of hydrogen-bond acceptors (Lipinski definition) is 5. The third-order valence-electron chi connectivity index (χ3n) is 5.56. The van der Waals surface area contributed by atoms with Crippen molar-refractivity contribution in [1.82, 2.24) is 19.7 Å². The second kappa shape index (κ2) is 9.48. The molecule has 0 aromatic carbocycles. The molecule has 0 radical (unpaired) electrons. The standard InChI is InChI=1S/C20H32N4O3/c1-16-6-9-24(15-17-5-3-14-27-17)20(26)18(16)19(25)21-7-4-8-23-12-10-22(2)11-13-23/h6,9,17H,3-5,7-8,10-15H2,1-2H3,(H,21,25). The average molecular weight is 377 g/mol. The van der Waals surface area contributed by atoms with Gasteiger partial charge in [0, 0.05) is 45.5 Å². The van der Waals surface area contributed by atoms with Crippen LogP contribution in [0.5, 0.6) is 0 Å². The van der Waals surface area contributed by atoms with E-state index in [0.29, 0.717) is 13.1 Å². The number of nitrogens with one attached hydrogen (secondary N) is 1. The van der Waals surface area contributed by atoms with Gasteiger partial charge in [-0.2, -0.15) is 0 Å². The summed E-state index contributed by atoms with van der Waals surface area (Å²) in [6.07, 6.45) is 4.74. The van der Waals surface area contributed by atoms with Gasteiger partial charge in [-0.1, -0.05) is 0 Å². The van der Waals surface area contributed by atoms with Crippen molar-refractivity contribution in [3.8, 4) is 0 Å². The highest BCUT2D eigenvalue weighted by atomic mass is 16.5. The van der Waals surface area contributed by atoms with Crippen molar-refractivity contribution in [1.29, 1.82) is 0 Å². The first kappa shape index (κ1) is 20.0. The van der Waals surface area contributed by atoms with E-state index in [-0.39, 0.29) is 23.1 Å². The van der Waals surface area contributed by atoms with Crippen LogP contribution in [0, 0.1) is 6.92 Å². The number of piperazine rings is 1. The van der Waals surface area contributed by atoms with Crippen LogP contribution in [-0.4, -0.2) is 79.3 Å². The SMILES string of the molecule is Cc1ccn(CC2CCCO2)c(=O)c1C(=O)NCCCN1CCN(C)CC1. The smallest absolute Gasteiger partial charge is 0.263 e. The third kappa shape index (κ3) is 5.40. The topological polar surface area (TPSA) is 66.8 Å². The fraction of sp³-hybridized carbons (Fsp3) is 0.700. The molecule has 150 valence electrons. The van der Waals surface area contributed by atoms with Gasteiger partial charge in [-0.05, 0) is 51.4 Å². The molecule has 1 N–H and O–H groups in total. The molecule has 1 unspecified atom stereocenters. The minimum Gasteiger partial charge on any atom is -0.376 e. The fourth-order valence-electron chi connectivity index (χ4n) is 3.76.